The summed E-state index contributed by atoms with van der Waals surface area (Å²) in [7, 11) is 0. The minimum Gasteiger partial charge on any atom is -0.207 e. The van der Waals surface area contributed by atoms with Gasteiger partial charge in [-0.15, -0.1) is 16.7 Å². The lowest BCUT2D eigenvalue weighted by Gasteiger charge is -2.09. The van der Waals surface area contributed by atoms with Crippen LogP contribution in [0.1, 0.15) is 18.1 Å². The minimum absolute atomic E-state index is 0.112. The molecule has 0 aliphatic rings. The van der Waals surface area contributed by atoms with Crippen molar-refractivity contribution in [2.75, 3.05) is 0 Å². The van der Waals surface area contributed by atoms with E-state index < -0.39 is 11.2 Å². The van der Waals surface area contributed by atoms with Crippen molar-refractivity contribution in [2.24, 2.45) is 0 Å². The van der Waals surface area contributed by atoms with Crippen LogP contribution in [0.4, 0.5) is 4.39 Å². The summed E-state index contributed by atoms with van der Waals surface area (Å²) in [5.74, 6) is -0.153. The van der Waals surface area contributed by atoms with Crippen LogP contribution in [0, 0.1) is 5.82 Å². The molecule has 0 fully saturated rings. The first-order chi connectivity index (χ1) is 8.00. The van der Waals surface area contributed by atoms with E-state index in [1.54, 1.807) is 6.92 Å². The van der Waals surface area contributed by atoms with Crippen molar-refractivity contribution in [3.63, 3.8) is 0 Å². The average Bonchev–Trinajstić information content (AvgIpc) is 2.64. The summed E-state index contributed by atoms with van der Waals surface area (Å²) in [6.45, 7) is 1.70. The van der Waals surface area contributed by atoms with Gasteiger partial charge in [-0.25, -0.2) is 4.39 Å². The normalized spacial score (nSPS) is 12.8. The maximum Gasteiger partial charge on any atom is 0.174 e. The molecule has 0 bridgehead atoms. The lowest BCUT2D eigenvalue weighted by Crippen LogP contribution is -2.05. The molecule has 1 unspecified atom stereocenters. The first-order valence-corrected chi connectivity index (χ1v) is 5.77. The van der Waals surface area contributed by atoms with Crippen LogP contribution >= 0.6 is 34.8 Å². The van der Waals surface area contributed by atoms with Crippen LogP contribution < -0.4 is 0 Å². The molecule has 1 heterocycles. The van der Waals surface area contributed by atoms with E-state index in [2.05, 4.69) is 15.5 Å². The second-order valence-corrected chi connectivity index (χ2v) is 4.75. The van der Waals surface area contributed by atoms with Gasteiger partial charge in [0.2, 0.25) is 0 Å². The van der Waals surface area contributed by atoms with Crippen LogP contribution in [-0.4, -0.2) is 20.2 Å². The number of alkyl halides is 1. The molecule has 1 aromatic carbocycles. The third-order valence-electron chi connectivity index (χ3n) is 2.04. The van der Waals surface area contributed by atoms with Gasteiger partial charge in [0.25, 0.3) is 0 Å². The van der Waals surface area contributed by atoms with E-state index >= 15 is 0 Å². The van der Waals surface area contributed by atoms with E-state index in [0.717, 1.165) is 12.1 Å². The van der Waals surface area contributed by atoms with E-state index in [9.17, 15) is 4.39 Å². The Morgan fingerprint density at radius 3 is 2.41 bits per heavy atom. The number of hydrogen-bond acceptors (Lipinski definition) is 3. The molecule has 4 nitrogen and oxygen atoms in total. The van der Waals surface area contributed by atoms with Crippen LogP contribution in [0.3, 0.4) is 0 Å². The fraction of sp³-hybridized carbons (Fsp3) is 0.222. The molecule has 0 aliphatic carbocycles. The highest BCUT2D eigenvalue weighted by Crippen LogP contribution is 2.31. The topological polar surface area (TPSA) is 43.6 Å². The summed E-state index contributed by atoms with van der Waals surface area (Å²) in [4.78, 5) is 0. The van der Waals surface area contributed by atoms with E-state index in [1.165, 1.54) is 4.68 Å². The van der Waals surface area contributed by atoms with Crippen molar-refractivity contribution in [3.05, 3.63) is 33.8 Å². The van der Waals surface area contributed by atoms with Crippen molar-refractivity contribution in [1.29, 1.82) is 0 Å². The van der Waals surface area contributed by atoms with E-state index in [1.807, 2.05) is 0 Å². The zero-order chi connectivity index (χ0) is 12.6. The molecule has 0 saturated carbocycles. The molecule has 90 valence electrons. The van der Waals surface area contributed by atoms with Crippen LogP contribution in [-0.2, 0) is 0 Å². The third-order valence-corrected chi connectivity index (χ3v) is 2.81. The van der Waals surface area contributed by atoms with Gasteiger partial charge >= 0.3 is 0 Å². The van der Waals surface area contributed by atoms with Gasteiger partial charge in [-0.2, -0.15) is 4.68 Å². The SMILES string of the molecule is CC(Cl)c1nnnn1-c1c(Cl)cc(F)cc1Cl. The molecule has 0 saturated heterocycles. The summed E-state index contributed by atoms with van der Waals surface area (Å²) >= 11 is 17.7. The van der Waals surface area contributed by atoms with Crippen molar-refractivity contribution in [3.8, 4) is 5.69 Å². The number of aromatic nitrogens is 4. The smallest absolute Gasteiger partial charge is 0.174 e. The lowest BCUT2D eigenvalue weighted by atomic mass is 10.3. The standard InChI is InChI=1S/C9H6Cl3FN4/c1-4(10)9-14-15-16-17(9)8-6(11)2-5(13)3-7(8)12/h2-4H,1H3. The number of nitrogens with zero attached hydrogens (tertiary/aromatic N) is 4. The number of halogens is 4. The van der Waals surface area contributed by atoms with Crippen molar-refractivity contribution in [2.45, 2.75) is 12.3 Å². The predicted molar refractivity (Wildman–Crippen MR) is 63.4 cm³/mol. The van der Waals surface area contributed by atoms with Gasteiger partial charge < -0.3 is 0 Å². The second kappa shape index (κ2) is 4.76. The fourth-order valence-corrected chi connectivity index (χ4v) is 2.09. The molecule has 2 aromatic rings. The Labute approximate surface area is 111 Å². The van der Waals surface area contributed by atoms with Gasteiger partial charge in [0.05, 0.1) is 15.4 Å². The molecule has 1 aromatic heterocycles. The monoisotopic (exact) mass is 294 g/mol. The maximum absolute atomic E-state index is 13.1. The second-order valence-electron chi connectivity index (χ2n) is 3.28. The Balaban J connectivity index is 2.64. The molecule has 0 amide bonds. The number of hydrogen-bond donors (Lipinski definition) is 0. The van der Waals surface area contributed by atoms with Crippen molar-refractivity contribution < 1.29 is 4.39 Å². The van der Waals surface area contributed by atoms with Gasteiger partial charge in [-0.05, 0) is 29.5 Å². The molecule has 0 aliphatic heterocycles. The van der Waals surface area contributed by atoms with Crippen LogP contribution in [0.15, 0.2) is 12.1 Å². The fourth-order valence-electron chi connectivity index (χ4n) is 1.34. The van der Waals surface area contributed by atoms with E-state index in [0.29, 0.717) is 11.5 Å². The van der Waals surface area contributed by atoms with Crippen LogP contribution in [0.25, 0.3) is 5.69 Å². The molecule has 1 atom stereocenters. The van der Waals surface area contributed by atoms with E-state index in [-0.39, 0.29) is 10.0 Å². The highest BCUT2D eigenvalue weighted by atomic mass is 35.5. The number of tetrazole rings is 1. The largest absolute Gasteiger partial charge is 0.207 e. The van der Waals surface area contributed by atoms with Crippen LogP contribution in [0.5, 0.6) is 0 Å². The molecular weight excluding hydrogens is 289 g/mol. The summed E-state index contributed by atoms with van der Waals surface area (Å²) in [5, 5.41) is 10.8. The molecule has 0 radical (unpaired) electrons. The Morgan fingerprint density at radius 1 is 1.29 bits per heavy atom. The summed E-state index contributed by atoms with van der Waals surface area (Å²) in [6.07, 6.45) is 0. The zero-order valence-electron chi connectivity index (χ0n) is 8.53. The summed E-state index contributed by atoms with van der Waals surface area (Å²) < 4.78 is 14.3. The summed E-state index contributed by atoms with van der Waals surface area (Å²) in [5.41, 5.74) is 0.308. The first-order valence-electron chi connectivity index (χ1n) is 4.58. The van der Waals surface area contributed by atoms with Gasteiger partial charge in [0.1, 0.15) is 11.5 Å². The quantitative estimate of drug-likeness (QED) is 0.798. The molecule has 0 N–H and O–H groups in total. The zero-order valence-corrected chi connectivity index (χ0v) is 10.8. The van der Waals surface area contributed by atoms with Crippen molar-refractivity contribution in [1.82, 2.24) is 20.2 Å². The molecule has 8 heteroatoms. The average molecular weight is 296 g/mol. The van der Waals surface area contributed by atoms with Gasteiger partial charge in [0.15, 0.2) is 5.82 Å². The third kappa shape index (κ3) is 2.36. The lowest BCUT2D eigenvalue weighted by molar-refractivity contribution is 0.626. The Bertz CT molecular complexity index is 532. The molecule has 2 rings (SSSR count). The van der Waals surface area contributed by atoms with E-state index in [4.69, 9.17) is 34.8 Å². The Morgan fingerprint density at radius 2 is 1.88 bits per heavy atom. The molecule has 17 heavy (non-hydrogen) atoms. The first kappa shape index (κ1) is 12.5. The Kier molecular flexibility index (Phi) is 3.51. The molecular formula is C9H6Cl3FN4. The highest BCUT2D eigenvalue weighted by molar-refractivity contribution is 6.37. The van der Waals surface area contributed by atoms with Crippen LogP contribution in [0.2, 0.25) is 10.0 Å². The predicted octanol–water partition coefficient (Wildman–Crippen LogP) is 3.41. The highest BCUT2D eigenvalue weighted by Gasteiger charge is 2.18. The number of benzene rings is 1. The van der Waals surface area contributed by atoms with Gasteiger partial charge in [-0.1, -0.05) is 23.2 Å². The molecule has 0 spiro atoms. The summed E-state index contributed by atoms with van der Waals surface area (Å²) in [6, 6.07) is 2.26. The minimum atomic E-state index is -0.530. The Hall–Kier alpha value is -0.910. The van der Waals surface area contributed by atoms with Crippen molar-refractivity contribution >= 4 is 34.8 Å². The van der Waals surface area contributed by atoms with Gasteiger partial charge in [-0.3, -0.25) is 0 Å². The number of rotatable bonds is 2. The van der Waals surface area contributed by atoms with Gasteiger partial charge in [0, 0.05) is 0 Å². The maximum atomic E-state index is 13.1.